The number of hydrogen-bond acceptors (Lipinski definition) is 4. The molecule has 2 unspecified atom stereocenters. The number of rotatable bonds is 3. The lowest BCUT2D eigenvalue weighted by atomic mass is 10.3. The van der Waals surface area contributed by atoms with Crippen molar-refractivity contribution in [2.24, 2.45) is 0 Å². The van der Waals surface area contributed by atoms with E-state index >= 15 is 0 Å². The maximum atomic E-state index is 10.8. The van der Waals surface area contributed by atoms with E-state index in [4.69, 9.17) is 57.8 Å². The van der Waals surface area contributed by atoms with Gasteiger partial charge in [0.05, 0.1) is 13.8 Å². The second-order valence-electron chi connectivity index (χ2n) is 5.12. The van der Waals surface area contributed by atoms with Gasteiger partial charge in [-0.15, -0.1) is 23.2 Å². The molecular formula is C14H21Cl3N2O4. The van der Waals surface area contributed by atoms with E-state index in [0.717, 1.165) is 0 Å². The first-order valence-electron chi connectivity index (χ1n) is 6.29. The highest BCUT2D eigenvalue weighted by molar-refractivity contribution is 6.69. The Balaban J connectivity index is -0.000000284. The van der Waals surface area contributed by atoms with Gasteiger partial charge in [-0.25, -0.2) is 13.1 Å². The Bertz CT molecular complexity index is 458. The van der Waals surface area contributed by atoms with Crippen LogP contribution in [0.1, 0.15) is 41.5 Å². The molecule has 0 saturated heterocycles. The van der Waals surface area contributed by atoms with E-state index < -0.39 is 33.4 Å². The molecule has 0 amide bonds. The second kappa shape index (κ2) is 12.4. The number of aliphatic hydroxyl groups is 1. The van der Waals surface area contributed by atoms with Gasteiger partial charge in [-0.3, -0.25) is 19.3 Å². The van der Waals surface area contributed by atoms with E-state index in [1.54, 1.807) is 0 Å². The Hall–Kier alpha value is -1.05. The summed E-state index contributed by atoms with van der Waals surface area (Å²) < 4.78 is 4.72. The van der Waals surface area contributed by atoms with Crippen molar-refractivity contribution in [1.29, 1.82) is 0 Å². The largest absolute Gasteiger partial charge is 0.388 e. The van der Waals surface area contributed by atoms with Crippen LogP contribution >= 0.6 is 34.8 Å². The third-order valence-electron chi connectivity index (χ3n) is 1.53. The summed E-state index contributed by atoms with van der Waals surface area (Å²) in [7, 11) is 0. The molecule has 0 aromatic rings. The maximum absolute atomic E-state index is 10.8. The topological polar surface area (TPSA) is 72.3 Å². The van der Waals surface area contributed by atoms with Gasteiger partial charge in [0, 0.05) is 13.8 Å². The molecular weight excluding hydrogens is 367 g/mol. The van der Waals surface area contributed by atoms with E-state index in [2.05, 4.69) is 9.69 Å². The van der Waals surface area contributed by atoms with E-state index in [9.17, 15) is 9.59 Å². The molecule has 6 nitrogen and oxygen atoms in total. The van der Waals surface area contributed by atoms with Crippen LogP contribution in [-0.2, 0) is 14.3 Å². The van der Waals surface area contributed by atoms with Crippen LogP contribution < -0.4 is 0 Å². The number of carbonyl (C=O) groups excluding carboxylic acids is 2. The molecule has 0 aromatic carbocycles. The van der Waals surface area contributed by atoms with Crippen molar-refractivity contribution in [3.05, 3.63) is 22.8 Å². The van der Waals surface area contributed by atoms with Crippen molar-refractivity contribution in [3.63, 3.8) is 0 Å². The maximum Gasteiger partial charge on any atom is 0.372 e. The molecule has 0 rings (SSSR count). The van der Waals surface area contributed by atoms with Crippen molar-refractivity contribution in [3.8, 4) is 0 Å². The van der Waals surface area contributed by atoms with Crippen molar-refractivity contribution in [2.75, 3.05) is 0 Å². The number of hydrogen-bond donors (Lipinski definition) is 1. The first-order chi connectivity index (χ1) is 10.1. The van der Waals surface area contributed by atoms with Crippen molar-refractivity contribution in [1.82, 2.24) is 0 Å². The van der Waals surface area contributed by atoms with Crippen LogP contribution in [0.4, 0.5) is 0 Å². The van der Waals surface area contributed by atoms with Crippen molar-refractivity contribution in [2.45, 2.75) is 63.7 Å². The van der Waals surface area contributed by atoms with E-state index in [1.807, 2.05) is 0 Å². The molecule has 1 N–H and O–H groups in total. The van der Waals surface area contributed by atoms with E-state index in [1.165, 1.54) is 41.5 Å². The smallest absolute Gasteiger partial charge is 0.372 e. The quantitative estimate of drug-likeness (QED) is 0.346. The molecule has 9 heteroatoms. The number of halogens is 3. The Morgan fingerprint density at radius 3 is 1.48 bits per heavy atom. The molecule has 0 bridgehead atoms. The molecule has 0 heterocycles. The van der Waals surface area contributed by atoms with Crippen molar-refractivity contribution >= 4 is 46.0 Å². The van der Waals surface area contributed by atoms with E-state index in [0.29, 0.717) is 0 Å². The predicted molar refractivity (Wildman–Crippen MR) is 91.2 cm³/mol. The second-order valence-corrected chi connectivity index (χ2v) is 6.80. The highest BCUT2D eigenvalue weighted by Crippen LogP contribution is 2.13. The van der Waals surface area contributed by atoms with Crippen LogP contribution in [0, 0.1) is 13.1 Å². The highest BCUT2D eigenvalue weighted by Gasteiger charge is 2.29. The van der Waals surface area contributed by atoms with Crippen LogP contribution in [0.25, 0.3) is 9.69 Å². The van der Waals surface area contributed by atoms with Crippen LogP contribution in [0.3, 0.4) is 0 Å². The van der Waals surface area contributed by atoms with Gasteiger partial charge in [0.1, 0.15) is 10.8 Å². The minimum atomic E-state index is -1.17. The number of nitrogens with zero attached hydrogens (tertiary/aromatic N) is 2. The molecule has 0 aliphatic heterocycles. The Labute approximate surface area is 152 Å². The minimum Gasteiger partial charge on any atom is -0.388 e. The van der Waals surface area contributed by atoms with Gasteiger partial charge in [-0.05, 0) is 25.4 Å². The number of carbonyl (C=O) groups is 2. The molecule has 0 spiro atoms. The first-order valence-corrected chi connectivity index (χ1v) is 7.54. The van der Waals surface area contributed by atoms with Crippen LogP contribution in [0.15, 0.2) is 0 Å². The minimum absolute atomic E-state index is 0.503. The van der Waals surface area contributed by atoms with Gasteiger partial charge in [0.2, 0.25) is 5.24 Å². The van der Waals surface area contributed by atoms with Gasteiger partial charge in [-0.1, -0.05) is 0 Å². The fraction of sp³-hybridized carbons (Fsp3) is 0.714. The molecule has 132 valence electrons. The summed E-state index contributed by atoms with van der Waals surface area (Å²) in [5.74, 6) is -0.562. The third-order valence-corrected chi connectivity index (χ3v) is 2.35. The molecule has 0 aliphatic rings. The summed E-state index contributed by atoms with van der Waals surface area (Å²) >= 11 is 15.4. The lowest BCUT2D eigenvalue weighted by Crippen LogP contribution is -2.27. The Kier molecular flexibility index (Phi) is 14.4. The zero-order valence-electron chi connectivity index (χ0n) is 13.9. The summed E-state index contributed by atoms with van der Waals surface area (Å²) in [4.78, 5) is 26.5. The molecule has 23 heavy (non-hydrogen) atoms. The monoisotopic (exact) mass is 386 g/mol. The standard InChI is InChI=1S/C7H10ClNO2.C4H7NO.C3H4Cl2O/c1-5(8)6(10)11-7(2,3)9-4;1-4(2,6)5-3;1-2(4)3(5)6/h5H,1-3H3;6H,1-2H3;2H,1H3. The van der Waals surface area contributed by atoms with Gasteiger partial charge in [0.25, 0.3) is 0 Å². The molecule has 0 radical (unpaired) electrons. The fourth-order valence-electron chi connectivity index (χ4n) is 0.350. The molecule has 0 aliphatic carbocycles. The van der Waals surface area contributed by atoms with Gasteiger partial charge in [0.15, 0.2) is 0 Å². The van der Waals surface area contributed by atoms with Gasteiger partial charge < -0.3 is 9.84 Å². The molecule has 0 fully saturated rings. The predicted octanol–water partition coefficient (Wildman–Crippen LogP) is 3.83. The van der Waals surface area contributed by atoms with Crippen molar-refractivity contribution < 1.29 is 19.4 Å². The average Bonchev–Trinajstić information content (AvgIpc) is 2.38. The first kappa shape index (κ1) is 26.8. The lowest BCUT2D eigenvalue weighted by molar-refractivity contribution is -0.151. The summed E-state index contributed by atoms with van der Waals surface area (Å²) in [5, 5.41) is 6.72. The third kappa shape index (κ3) is 23.3. The normalized spacial score (nSPS) is 12.7. The molecule has 0 saturated carbocycles. The van der Waals surface area contributed by atoms with Gasteiger partial charge >= 0.3 is 17.4 Å². The van der Waals surface area contributed by atoms with Crippen LogP contribution in [0.5, 0.6) is 0 Å². The fourth-order valence-corrected chi connectivity index (χ4v) is 0.395. The number of ether oxygens (including phenoxy) is 1. The lowest BCUT2D eigenvalue weighted by Gasteiger charge is -2.12. The van der Waals surface area contributed by atoms with Crippen LogP contribution in [-0.4, -0.2) is 38.5 Å². The summed E-state index contributed by atoms with van der Waals surface area (Å²) in [5.41, 5.74) is -2.26. The summed E-state index contributed by atoms with van der Waals surface area (Å²) in [6.07, 6.45) is 0. The number of esters is 1. The average molecular weight is 388 g/mol. The van der Waals surface area contributed by atoms with Crippen LogP contribution in [0.2, 0.25) is 0 Å². The summed E-state index contributed by atoms with van der Waals surface area (Å²) in [6.45, 7) is 21.8. The van der Waals surface area contributed by atoms with Gasteiger partial charge in [-0.2, -0.15) is 0 Å². The number of alkyl halides is 2. The molecule has 2 atom stereocenters. The molecule has 0 aromatic heterocycles. The Morgan fingerprint density at radius 1 is 1.04 bits per heavy atom. The Morgan fingerprint density at radius 2 is 1.35 bits per heavy atom. The zero-order valence-corrected chi connectivity index (χ0v) is 16.1. The SMILES string of the molecule is CC(Cl)C(=O)Cl.[C-]#[N+]C(C)(C)O.[C-]#[N+]C(C)(C)OC(=O)C(C)Cl. The zero-order chi connectivity index (χ0) is 19.4. The summed E-state index contributed by atoms with van der Waals surface area (Å²) in [6, 6.07) is 0. The van der Waals surface area contributed by atoms with E-state index in [-0.39, 0.29) is 0 Å². The highest BCUT2D eigenvalue weighted by atomic mass is 35.5.